The van der Waals surface area contributed by atoms with Gasteiger partial charge in [-0.2, -0.15) is 0 Å². The van der Waals surface area contributed by atoms with E-state index in [1.165, 1.54) is 0 Å². The summed E-state index contributed by atoms with van der Waals surface area (Å²) < 4.78 is 0. The number of carbonyl (C=O) groups is 2. The molecule has 0 radical (unpaired) electrons. The van der Waals surface area contributed by atoms with Crippen molar-refractivity contribution >= 4 is 11.8 Å². The first-order valence-electron chi connectivity index (χ1n) is 8.39. The minimum Gasteiger partial charge on any atom is -0.346 e. The van der Waals surface area contributed by atoms with E-state index in [-0.39, 0.29) is 11.8 Å². The molecule has 0 spiro atoms. The Hall–Kier alpha value is -2.73. The third kappa shape index (κ3) is 4.42. The standard InChI is InChI=1S/C19H22N4O2/c1-22-9-11-23(12-10-22)19(25)16-6-4-5-15(13-16)18(24)21-14-17-7-2-3-8-20-17/h2-8,13H,9-12,14H2,1H3,(H,21,24). The van der Waals surface area contributed by atoms with E-state index < -0.39 is 0 Å². The van der Waals surface area contributed by atoms with E-state index in [1.54, 1.807) is 30.5 Å². The molecule has 25 heavy (non-hydrogen) atoms. The third-order valence-corrected chi connectivity index (χ3v) is 4.32. The molecule has 1 aliphatic rings. The molecule has 0 unspecified atom stereocenters. The van der Waals surface area contributed by atoms with Crippen LogP contribution in [-0.4, -0.2) is 59.8 Å². The van der Waals surface area contributed by atoms with E-state index in [9.17, 15) is 9.59 Å². The highest BCUT2D eigenvalue weighted by Crippen LogP contribution is 2.11. The van der Waals surface area contributed by atoms with Crippen molar-refractivity contribution in [2.75, 3.05) is 33.2 Å². The van der Waals surface area contributed by atoms with E-state index in [1.807, 2.05) is 30.1 Å². The highest BCUT2D eigenvalue weighted by Gasteiger charge is 2.21. The minimum atomic E-state index is -0.210. The summed E-state index contributed by atoms with van der Waals surface area (Å²) in [5.74, 6) is -0.230. The Labute approximate surface area is 147 Å². The normalized spacial score (nSPS) is 15.0. The van der Waals surface area contributed by atoms with Gasteiger partial charge >= 0.3 is 0 Å². The van der Waals surface area contributed by atoms with Crippen molar-refractivity contribution in [3.63, 3.8) is 0 Å². The van der Waals surface area contributed by atoms with Gasteiger partial charge in [0.05, 0.1) is 12.2 Å². The molecule has 0 saturated carbocycles. The number of hydrogen-bond donors (Lipinski definition) is 1. The van der Waals surface area contributed by atoms with Crippen LogP contribution >= 0.6 is 0 Å². The number of carbonyl (C=O) groups excluding carboxylic acids is 2. The molecule has 0 bridgehead atoms. The molecule has 2 aromatic rings. The first-order valence-corrected chi connectivity index (χ1v) is 8.39. The van der Waals surface area contributed by atoms with Gasteiger partial charge in [0.25, 0.3) is 11.8 Å². The number of benzene rings is 1. The van der Waals surface area contributed by atoms with E-state index in [2.05, 4.69) is 15.2 Å². The number of aromatic nitrogens is 1. The molecule has 6 nitrogen and oxygen atoms in total. The van der Waals surface area contributed by atoms with Crippen molar-refractivity contribution in [1.82, 2.24) is 20.1 Å². The maximum absolute atomic E-state index is 12.6. The topological polar surface area (TPSA) is 65.5 Å². The van der Waals surface area contributed by atoms with Crippen LogP contribution in [0.5, 0.6) is 0 Å². The molecule has 0 atom stereocenters. The molecule has 1 N–H and O–H groups in total. The lowest BCUT2D eigenvalue weighted by molar-refractivity contribution is 0.0664. The molecule has 130 valence electrons. The second-order valence-corrected chi connectivity index (χ2v) is 6.18. The van der Waals surface area contributed by atoms with Crippen molar-refractivity contribution in [1.29, 1.82) is 0 Å². The number of nitrogens with one attached hydrogen (secondary N) is 1. The van der Waals surface area contributed by atoms with Gasteiger partial charge in [-0.05, 0) is 37.4 Å². The van der Waals surface area contributed by atoms with Crippen LogP contribution in [0.2, 0.25) is 0 Å². The Morgan fingerprint density at radius 3 is 2.52 bits per heavy atom. The van der Waals surface area contributed by atoms with Gasteiger partial charge < -0.3 is 15.1 Å². The van der Waals surface area contributed by atoms with Crippen LogP contribution < -0.4 is 5.32 Å². The summed E-state index contributed by atoms with van der Waals surface area (Å²) in [7, 11) is 2.05. The number of likely N-dealkylation sites (N-methyl/N-ethyl adjacent to an activating group) is 1. The highest BCUT2D eigenvalue weighted by atomic mass is 16.2. The summed E-state index contributed by atoms with van der Waals surface area (Å²) >= 11 is 0. The molecule has 1 aromatic carbocycles. The predicted octanol–water partition coefficient (Wildman–Crippen LogP) is 1.40. The van der Waals surface area contributed by atoms with Crippen LogP contribution in [0.25, 0.3) is 0 Å². The highest BCUT2D eigenvalue weighted by molar-refractivity contribution is 5.99. The third-order valence-electron chi connectivity index (χ3n) is 4.32. The van der Waals surface area contributed by atoms with Crippen LogP contribution in [-0.2, 0) is 6.54 Å². The SMILES string of the molecule is CN1CCN(C(=O)c2cccc(C(=O)NCc3ccccn3)c2)CC1. The molecule has 1 saturated heterocycles. The summed E-state index contributed by atoms with van der Waals surface area (Å²) in [6.45, 7) is 3.53. The molecular formula is C19H22N4O2. The Balaban J connectivity index is 1.64. The first kappa shape index (κ1) is 17.1. The molecule has 1 fully saturated rings. The van der Waals surface area contributed by atoms with Crippen LogP contribution in [0.1, 0.15) is 26.4 Å². The summed E-state index contributed by atoms with van der Waals surface area (Å²) in [6, 6.07) is 12.5. The summed E-state index contributed by atoms with van der Waals surface area (Å²) in [5, 5.41) is 2.83. The predicted molar refractivity (Wildman–Crippen MR) is 95.2 cm³/mol. The van der Waals surface area contributed by atoms with Crippen LogP contribution in [0.15, 0.2) is 48.7 Å². The smallest absolute Gasteiger partial charge is 0.253 e. The van der Waals surface area contributed by atoms with Gasteiger partial charge in [0.2, 0.25) is 0 Å². The molecule has 1 aliphatic heterocycles. The number of nitrogens with zero attached hydrogens (tertiary/aromatic N) is 3. The van der Waals surface area contributed by atoms with E-state index in [0.717, 1.165) is 18.8 Å². The minimum absolute atomic E-state index is 0.0209. The van der Waals surface area contributed by atoms with E-state index >= 15 is 0 Å². The number of rotatable bonds is 4. The molecule has 0 aliphatic carbocycles. The number of hydrogen-bond acceptors (Lipinski definition) is 4. The fourth-order valence-corrected chi connectivity index (χ4v) is 2.76. The molecule has 3 rings (SSSR count). The Kier molecular flexibility index (Phi) is 5.40. The lowest BCUT2D eigenvalue weighted by atomic mass is 10.1. The summed E-state index contributed by atoms with van der Waals surface area (Å²) in [5.41, 5.74) is 1.83. The largest absolute Gasteiger partial charge is 0.346 e. The van der Waals surface area contributed by atoms with E-state index in [0.29, 0.717) is 30.8 Å². The maximum Gasteiger partial charge on any atom is 0.253 e. The monoisotopic (exact) mass is 338 g/mol. The maximum atomic E-state index is 12.6. The lowest BCUT2D eigenvalue weighted by Crippen LogP contribution is -2.47. The summed E-state index contributed by atoms with van der Waals surface area (Å²) in [4.78, 5) is 33.2. The van der Waals surface area contributed by atoms with Gasteiger partial charge in [0.1, 0.15) is 0 Å². The second-order valence-electron chi connectivity index (χ2n) is 6.18. The average molecular weight is 338 g/mol. The fourth-order valence-electron chi connectivity index (χ4n) is 2.76. The Morgan fingerprint density at radius 2 is 1.80 bits per heavy atom. The Morgan fingerprint density at radius 1 is 1.04 bits per heavy atom. The van der Waals surface area contributed by atoms with Gasteiger partial charge in [-0.1, -0.05) is 12.1 Å². The van der Waals surface area contributed by atoms with Crippen molar-refractivity contribution < 1.29 is 9.59 Å². The quantitative estimate of drug-likeness (QED) is 0.915. The first-order chi connectivity index (χ1) is 12.1. The van der Waals surface area contributed by atoms with Crippen LogP contribution in [0.4, 0.5) is 0 Å². The molecule has 2 heterocycles. The van der Waals surface area contributed by atoms with E-state index in [4.69, 9.17) is 0 Å². The number of piperazine rings is 1. The fraction of sp³-hybridized carbons (Fsp3) is 0.316. The van der Waals surface area contributed by atoms with Gasteiger partial charge in [-0.15, -0.1) is 0 Å². The van der Waals surface area contributed by atoms with Crippen LogP contribution in [0.3, 0.4) is 0 Å². The Bertz CT molecular complexity index is 740. The van der Waals surface area contributed by atoms with Crippen molar-refractivity contribution in [2.45, 2.75) is 6.54 Å². The molecule has 6 heteroatoms. The number of pyridine rings is 1. The zero-order valence-corrected chi connectivity index (χ0v) is 14.3. The number of amides is 2. The van der Waals surface area contributed by atoms with Crippen molar-refractivity contribution in [3.05, 3.63) is 65.5 Å². The van der Waals surface area contributed by atoms with Gasteiger partial charge in [-0.3, -0.25) is 14.6 Å². The van der Waals surface area contributed by atoms with Crippen molar-refractivity contribution in [3.8, 4) is 0 Å². The summed E-state index contributed by atoms with van der Waals surface area (Å²) in [6.07, 6.45) is 1.69. The lowest BCUT2D eigenvalue weighted by Gasteiger charge is -2.32. The second kappa shape index (κ2) is 7.90. The zero-order valence-electron chi connectivity index (χ0n) is 14.3. The molecular weight excluding hydrogens is 316 g/mol. The van der Waals surface area contributed by atoms with Crippen molar-refractivity contribution in [2.24, 2.45) is 0 Å². The molecule has 2 amide bonds. The van der Waals surface area contributed by atoms with Crippen LogP contribution in [0, 0.1) is 0 Å². The average Bonchev–Trinajstić information content (AvgIpc) is 2.67. The van der Waals surface area contributed by atoms with Gasteiger partial charge in [0.15, 0.2) is 0 Å². The zero-order chi connectivity index (χ0) is 17.6. The molecule has 1 aromatic heterocycles. The van der Waals surface area contributed by atoms with Gasteiger partial charge in [0, 0.05) is 43.5 Å². The van der Waals surface area contributed by atoms with Gasteiger partial charge in [-0.25, -0.2) is 0 Å².